The van der Waals surface area contributed by atoms with Crippen molar-refractivity contribution >= 4 is 50.9 Å². The van der Waals surface area contributed by atoms with Crippen LogP contribution in [-0.2, 0) is 24.4 Å². The van der Waals surface area contributed by atoms with Gasteiger partial charge in [-0.1, -0.05) is 6.07 Å². The molecule has 0 saturated carbocycles. The number of amides is 5. The molecule has 4 saturated heterocycles. The molecule has 242 valence electrons. The van der Waals surface area contributed by atoms with Crippen LogP contribution in [0.3, 0.4) is 0 Å². The number of hydrogen-bond donors (Lipinski definition) is 2. The molecule has 1 atom stereocenters. The summed E-state index contributed by atoms with van der Waals surface area (Å²) in [6.45, 7) is 2.95. The third-order valence-electron chi connectivity index (χ3n) is 10.5. The number of carbonyl (C=O) groups is 5. The SMILES string of the molecule is Nc1ccc(S(=O)(=O)N2CC(C(=O)N3CCC4(CC3)CCN(c3cccc5c3C(=O)N(C3CCC(=O)NC3=O)C5=O)CC4)C2)cc1. The van der Waals surface area contributed by atoms with Crippen LogP contribution in [0.4, 0.5) is 11.4 Å². The minimum Gasteiger partial charge on any atom is -0.399 e. The molecule has 0 aromatic heterocycles. The first kappa shape index (κ1) is 30.4. The summed E-state index contributed by atoms with van der Waals surface area (Å²) < 4.78 is 27.1. The number of anilines is 2. The van der Waals surface area contributed by atoms with E-state index in [9.17, 15) is 32.4 Å². The standard InChI is InChI=1S/C32H36N6O7S/c33-21-4-6-22(7-5-21)46(44,45)37-18-20(19-37)29(41)36-16-12-32(13-17-36)10-14-35(15-11-32)24-3-1-2-23-27(24)31(43)38(30(23)42)25-8-9-26(39)34-28(25)40/h1-7,20,25H,8-19,33H2,(H,34,39,40). The van der Waals surface area contributed by atoms with Gasteiger partial charge < -0.3 is 15.5 Å². The summed E-state index contributed by atoms with van der Waals surface area (Å²) in [5.74, 6) is -2.41. The number of nitrogen functional groups attached to an aromatic ring is 1. The predicted octanol–water partition coefficient (Wildman–Crippen LogP) is 1.20. The number of piperidine rings is 3. The lowest BCUT2D eigenvalue weighted by molar-refractivity contribution is -0.141. The van der Waals surface area contributed by atoms with Gasteiger partial charge in [0.15, 0.2) is 0 Å². The van der Waals surface area contributed by atoms with Gasteiger partial charge in [0.25, 0.3) is 11.8 Å². The average molecular weight is 649 g/mol. The van der Waals surface area contributed by atoms with Gasteiger partial charge in [-0.2, -0.15) is 4.31 Å². The van der Waals surface area contributed by atoms with Crippen molar-refractivity contribution in [3.63, 3.8) is 0 Å². The molecule has 1 spiro atoms. The lowest BCUT2D eigenvalue weighted by Crippen LogP contribution is -2.58. The number of rotatable bonds is 5. The molecular formula is C32H36N6O7S. The van der Waals surface area contributed by atoms with E-state index < -0.39 is 39.7 Å². The first-order valence-electron chi connectivity index (χ1n) is 15.7. The lowest BCUT2D eigenvalue weighted by atomic mass is 9.71. The predicted molar refractivity (Wildman–Crippen MR) is 166 cm³/mol. The largest absolute Gasteiger partial charge is 0.399 e. The second-order valence-corrected chi connectivity index (χ2v) is 15.0. The molecule has 0 radical (unpaired) electrons. The molecular weight excluding hydrogens is 612 g/mol. The van der Waals surface area contributed by atoms with E-state index in [0.717, 1.165) is 30.6 Å². The minimum atomic E-state index is -3.66. The Morgan fingerprint density at radius 2 is 1.52 bits per heavy atom. The summed E-state index contributed by atoms with van der Waals surface area (Å²) in [6, 6.07) is 10.3. The van der Waals surface area contributed by atoms with Crippen LogP contribution in [0.15, 0.2) is 47.4 Å². The number of nitrogens with two attached hydrogens (primary N) is 1. The smallest absolute Gasteiger partial charge is 0.264 e. The Morgan fingerprint density at radius 3 is 2.17 bits per heavy atom. The summed E-state index contributed by atoms with van der Waals surface area (Å²) in [5.41, 5.74) is 7.49. The van der Waals surface area contributed by atoms with Crippen molar-refractivity contribution in [2.75, 3.05) is 49.9 Å². The van der Waals surface area contributed by atoms with Gasteiger partial charge in [0.2, 0.25) is 27.7 Å². The fourth-order valence-electron chi connectivity index (χ4n) is 7.52. The van der Waals surface area contributed by atoms with Crippen LogP contribution < -0.4 is 16.0 Å². The van der Waals surface area contributed by atoms with Gasteiger partial charge in [0, 0.05) is 51.4 Å². The van der Waals surface area contributed by atoms with Crippen LogP contribution in [0.5, 0.6) is 0 Å². The van der Waals surface area contributed by atoms with Crippen molar-refractivity contribution in [2.24, 2.45) is 11.3 Å². The molecule has 13 nitrogen and oxygen atoms in total. The highest BCUT2D eigenvalue weighted by Gasteiger charge is 2.48. The van der Waals surface area contributed by atoms with Crippen LogP contribution in [0.25, 0.3) is 0 Å². The number of likely N-dealkylation sites (tertiary alicyclic amines) is 1. The van der Waals surface area contributed by atoms with E-state index in [2.05, 4.69) is 10.2 Å². The van der Waals surface area contributed by atoms with Gasteiger partial charge in [0.05, 0.1) is 27.6 Å². The summed E-state index contributed by atoms with van der Waals surface area (Å²) in [7, 11) is -3.66. The average Bonchev–Trinajstić information content (AvgIpc) is 3.26. The van der Waals surface area contributed by atoms with Crippen LogP contribution in [0.2, 0.25) is 0 Å². The summed E-state index contributed by atoms with van der Waals surface area (Å²) in [5, 5.41) is 2.23. The van der Waals surface area contributed by atoms with Crippen molar-refractivity contribution in [3.05, 3.63) is 53.6 Å². The summed E-state index contributed by atoms with van der Waals surface area (Å²) >= 11 is 0. The number of sulfonamides is 1. The van der Waals surface area contributed by atoms with E-state index in [4.69, 9.17) is 5.73 Å². The van der Waals surface area contributed by atoms with Gasteiger partial charge in [-0.15, -0.1) is 0 Å². The molecule has 5 amide bonds. The van der Waals surface area contributed by atoms with Crippen molar-refractivity contribution in [2.45, 2.75) is 49.5 Å². The minimum absolute atomic E-state index is 0.000335. The van der Waals surface area contributed by atoms with E-state index >= 15 is 0 Å². The van der Waals surface area contributed by atoms with Crippen molar-refractivity contribution < 1.29 is 32.4 Å². The van der Waals surface area contributed by atoms with E-state index in [1.165, 1.54) is 16.4 Å². The van der Waals surface area contributed by atoms with E-state index in [-0.39, 0.29) is 53.6 Å². The Hall–Kier alpha value is -4.30. The molecule has 3 N–H and O–H groups in total. The van der Waals surface area contributed by atoms with E-state index in [1.54, 1.807) is 24.3 Å². The second kappa shape index (κ2) is 11.2. The molecule has 5 heterocycles. The van der Waals surface area contributed by atoms with Crippen molar-refractivity contribution in [1.29, 1.82) is 0 Å². The zero-order valence-corrected chi connectivity index (χ0v) is 26.1. The van der Waals surface area contributed by atoms with Crippen LogP contribution in [0, 0.1) is 11.3 Å². The first-order valence-corrected chi connectivity index (χ1v) is 17.2. The van der Waals surface area contributed by atoms with Crippen molar-refractivity contribution in [1.82, 2.24) is 19.4 Å². The normalized spacial score (nSPS) is 23.8. The molecule has 5 aliphatic heterocycles. The summed E-state index contributed by atoms with van der Waals surface area (Å²) in [6.07, 6.45) is 3.61. The van der Waals surface area contributed by atoms with Gasteiger partial charge >= 0.3 is 0 Å². The third kappa shape index (κ3) is 5.03. The first-order chi connectivity index (χ1) is 22.0. The Bertz CT molecular complexity index is 1740. The number of hydrogen-bond acceptors (Lipinski definition) is 9. The molecule has 7 rings (SSSR count). The molecule has 4 fully saturated rings. The monoisotopic (exact) mass is 648 g/mol. The molecule has 46 heavy (non-hydrogen) atoms. The Labute approximate surface area is 266 Å². The highest BCUT2D eigenvalue weighted by molar-refractivity contribution is 7.89. The number of nitrogens with zero attached hydrogens (tertiary/aromatic N) is 4. The molecule has 2 aromatic rings. The fourth-order valence-corrected chi connectivity index (χ4v) is 9.05. The molecule has 5 aliphatic rings. The number of benzene rings is 2. The fraction of sp³-hybridized carbons (Fsp3) is 0.469. The molecule has 0 aliphatic carbocycles. The van der Waals surface area contributed by atoms with Gasteiger partial charge in [-0.05, 0) is 73.9 Å². The maximum atomic E-state index is 13.6. The van der Waals surface area contributed by atoms with Crippen LogP contribution in [0.1, 0.15) is 59.2 Å². The number of nitrogens with one attached hydrogen (secondary N) is 1. The Balaban J connectivity index is 0.946. The number of carbonyl (C=O) groups excluding carboxylic acids is 5. The van der Waals surface area contributed by atoms with Crippen LogP contribution in [-0.4, -0.2) is 97.4 Å². The Morgan fingerprint density at radius 1 is 0.870 bits per heavy atom. The zero-order valence-electron chi connectivity index (χ0n) is 25.3. The quantitative estimate of drug-likeness (QED) is 0.357. The highest BCUT2D eigenvalue weighted by Crippen LogP contribution is 2.44. The van der Waals surface area contributed by atoms with Gasteiger partial charge in [-0.3, -0.25) is 34.2 Å². The van der Waals surface area contributed by atoms with Crippen LogP contribution >= 0.6 is 0 Å². The van der Waals surface area contributed by atoms with E-state index in [1.807, 2.05) is 11.0 Å². The second-order valence-electron chi connectivity index (χ2n) is 13.0. The third-order valence-corrected chi connectivity index (χ3v) is 12.3. The van der Waals surface area contributed by atoms with Gasteiger partial charge in [-0.25, -0.2) is 8.42 Å². The number of fused-ring (bicyclic) bond motifs is 1. The maximum Gasteiger partial charge on any atom is 0.264 e. The molecule has 0 bridgehead atoms. The zero-order chi connectivity index (χ0) is 32.4. The molecule has 2 aromatic carbocycles. The maximum absolute atomic E-state index is 13.6. The topological polar surface area (TPSA) is 170 Å². The van der Waals surface area contributed by atoms with E-state index in [0.29, 0.717) is 43.1 Å². The Kier molecular flexibility index (Phi) is 7.39. The van der Waals surface area contributed by atoms with Crippen molar-refractivity contribution in [3.8, 4) is 0 Å². The highest BCUT2D eigenvalue weighted by atomic mass is 32.2. The van der Waals surface area contributed by atoms with Gasteiger partial charge in [0.1, 0.15) is 6.04 Å². The molecule has 14 heteroatoms. The lowest BCUT2D eigenvalue weighted by Gasteiger charge is -2.48. The molecule has 1 unspecified atom stereocenters. The number of imide groups is 2. The summed E-state index contributed by atoms with van der Waals surface area (Å²) in [4.78, 5) is 69.4.